The van der Waals surface area contributed by atoms with Gasteiger partial charge in [0.25, 0.3) is 11.6 Å². The zero-order valence-electron chi connectivity index (χ0n) is 10.6. The Hall–Kier alpha value is -1.62. The minimum Gasteiger partial charge on any atom is -0.352 e. The van der Waals surface area contributed by atoms with Crippen molar-refractivity contribution in [2.75, 3.05) is 6.54 Å². The van der Waals surface area contributed by atoms with E-state index in [0.29, 0.717) is 23.4 Å². The highest BCUT2D eigenvalue weighted by atomic mass is 35.5. The molecule has 1 fully saturated rings. The number of rotatable bonds is 5. The number of benzene rings is 1. The van der Waals surface area contributed by atoms with Gasteiger partial charge < -0.3 is 5.32 Å². The van der Waals surface area contributed by atoms with Crippen LogP contribution in [0, 0.1) is 22.0 Å². The number of nitrogens with zero attached hydrogens (tertiary/aromatic N) is 1. The predicted octanol–water partition coefficient (Wildman–Crippen LogP) is 3.02. The molecule has 1 aromatic rings. The van der Waals surface area contributed by atoms with Gasteiger partial charge in [-0.3, -0.25) is 14.9 Å². The summed E-state index contributed by atoms with van der Waals surface area (Å²) in [5.41, 5.74) is -0.207. The second kappa shape index (κ2) is 5.57. The van der Waals surface area contributed by atoms with Gasteiger partial charge in [-0.1, -0.05) is 18.5 Å². The molecular formula is C13H15ClN2O3. The average Bonchev–Trinajstić information content (AvgIpc) is 3.19. The standard InChI is InChI=1S/C13H15ClN2O3/c1-8(9-2-3-9)7-15-13(17)11-6-10(14)4-5-12(11)16(18)19/h4-6,8-9H,2-3,7H2,1H3,(H,15,17). The van der Waals surface area contributed by atoms with Crippen molar-refractivity contribution in [3.63, 3.8) is 0 Å². The van der Waals surface area contributed by atoms with E-state index in [1.807, 2.05) is 0 Å². The molecule has 1 N–H and O–H groups in total. The predicted molar refractivity (Wildman–Crippen MR) is 72.3 cm³/mol. The summed E-state index contributed by atoms with van der Waals surface area (Å²) in [5.74, 6) is 0.638. The summed E-state index contributed by atoms with van der Waals surface area (Å²) in [6.45, 7) is 2.61. The molecule has 19 heavy (non-hydrogen) atoms. The number of carbonyl (C=O) groups excluding carboxylic acids is 1. The Labute approximate surface area is 116 Å². The summed E-state index contributed by atoms with van der Waals surface area (Å²) >= 11 is 5.79. The van der Waals surface area contributed by atoms with Crippen molar-refractivity contribution in [2.24, 2.45) is 11.8 Å². The lowest BCUT2D eigenvalue weighted by atomic mass is 10.1. The fourth-order valence-corrected chi connectivity index (χ4v) is 2.20. The van der Waals surface area contributed by atoms with Crippen molar-refractivity contribution < 1.29 is 9.72 Å². The van der Waals surface area contributed by atoms with Gasteiger partial charge in [-0.25, -0.2) is 0 Å². The van der Waals surface area contributed by atoms with Crippen LogP contribution >= 0.6 is 11.6 Å². The van der Waals surface area contributed by atoms with E-state index in [9.17, 15) is 14.9 Å². The molecule has 0 aliphatic heterocycles. The Bertz CT molecular complexity index is 515. The van der Waals surface area contributed by atoms with Crippen LogP contribution < -0.4 is 5.32 Å². The average molecular weight is 283 g/mol. The van der Waals surface area contributed by atoms with Crippen LogP contribution in [0.2, 0.25) is 5.02 Å². The molecule has 1 saturated carbocycles. The SMILES string of the molecule is CC(CNC(=O)c1cc(Cl)ccc1[N+](=O)[O-])C1CC1. The number of halogens is 1. The Balaban J connectivity index is 2.08. The van der Waals surface area contributed by atoms with E-state index >= 15 is 0 Å². The van der Waals surface area contributed by atoms with Crippen LogP contribution in [-0.2, 0) is 0 Å². The van der Waals surface area contributed by atoms with Crippen molar-refractivity contribution in [3.8, 4) is 0 Å². The monoisotopic (exact) mass is 282 g/mol. The van der Waals surface area contributed by atoms with Crippen LogP contribution in [0.4, 0.5) is 5.69 Å². The summed E-state index contributed by atoms with van der Waals surface area (Å²) in [6, 6.07) is 3.99. The van der Waals surface area contributed by atoms with Crippen LogP contribution in [0.5, 0.6) is 0 Å². The molecule has 1 unspecified atom stereocenters. The third kappa shape index (κ3) is 3.44. The van der Waals surface area contributed by atoms with Crippen LogP contribution in [0.3, 0.4) is 0 Å². The summed E-state index contributed by atoms with van der Waals surface area (Å²) in [7, 11) is 0. The van der Waals surface area contributed by atoms with Gasteiger partial charge in [0.05, 0.1) is 4.92 Å². The molecule has 0 aromatic heterocycles. The zero-order chi connectivity index (χ0) is 14.0. The third-order valence-electron chi connectivity index (χ3n) is 3.41. The zero-order valence-corrected chi connectivity index (χ0v) is 11.3. The Kier molecular flexibility index (Phi) is 4.04. The molecule has 1 aliphatic rings. The van der Waals surface area contributed by atoms with Gasteiger partial charge >= 0.3 is 0 Å². The van der Waals surface area contributed by atoms with Gasteiger partial charge in [0.15, 0.2) is 0 Å². The van der Waals surface area contributed by atoms with Gasteiger partial charge in [0.2, 0.25) is 0 Å². The van der Waals surface area contributed by atoms with Gasteiger partial charge in [-0.05, 0) is 36.8 Å². The summed E-state index contributed by atoms with van der Waals surface area (Å²) < 4.78 is 0. The lowest BCUT2D eigenvalue weighted by Gasteiger charge is -2.11. The van der Waals surface area contributed by atoms with Gasteiger partial charge in [-0.15, -0.1) is 0 Å². The molecule has 0 bridgehead atoms. The minimum atomic E-state index is -0.574. The molecule has 5 nitrogen and oxygen atoms in total. The Morgan fingerprint density at radius 3 is 2.84 bits per heavy atom. The molecular weight excluding hydrogens is 268 g/mol. The topological polar surface area (TPSA) is 72.2 Å². The number of amides is 1. The van der Waals surface area contributed by atoms with Crippen LogP contribution in [0.15, 0.2) is 18.2 Å². The Morgan fingerprint density at radius 2 is 2.26 bits per heavy atom. The van der Waals surface area contributed by atoms with Crippen LogP contribution in [-0.4, -0.2) is 17.4 Å². The van der Waals surface area contributed by atoms with E-state index < -0.39 is 10.8 Å². The highest BCUT2D eigenvalue weighted by Gasteiger charge is 2.28. The van der Waals surface area contributed by atoms with Gasteiger partial charge in [-0.2, -0.15) is 0 Å². The first-order valence-corrected chi connectivity index (χ1v) is 6.59. The number of nitrogens with one attached hydrogen (secondary N) is 1. The molecule has 0 saturated heterocycles. The lowest BCUT2D eigenvalue weighted by molar-refractivity contribution is -0.385. The van der Waals surface area contributed by atoms with E-state index in [0.717, 1.165) is 0 Å². The molecule has 0 spiro atoms. The van der Waals surface area contributed by atoms with Crippen molar-refractivity contribution in [1.82, 2.24) is 5.32 Å². The molecule has 0 heterocycles. The fourth-order valence-electron chi connectivity index (χ4n) is 2.03. The van der Waals surface area contributed by atoms with E-state index in [1.165, 1.54) is 31.0 Å². The fraction of sp³-hybridized carbons (Fsp3) is 0.462. The second-order valence-corrected chi connectivity index (χ2v) is 5.38. The smallest absolute Gasteiger partial charge is 0.282 e. The van der Waals surface area contributed by atoms with Crippen LogP contribution in [0.1, 0.15) is 30.1 Å². The van der Waals surface area contributed by atoms with E-state index in [-0.39, 0.29) is 11.3 Å². The number of hydrogen-bond donors (Lipinski definition) is 1. The molecule has 1 aliphatic carbocycles. The lowest BCUT2D eigenvalue weighted by Crippen LogP contribution is -2.29. The molecule has 1 amide bonds. The minimum absolute atomic E-state index is 0.0143. The van der Waals surface area contributed by atoms with Crippen molar-refractivity contribution in [3.05, 3.63) is 38.9 Å². The largest absolute Gasteiger partial charge is 0.352 e. The highest BCUT2D eigenvalue weighted by molar-refractivity contribution is 6.31. The highest BCUT2D eigenvalue weighted by Crippen LogP contribution is 2.36. The molecule has 1 aromatic carbocycles. The Morgan fingerprint density at radius 1 is 1.58 bits per heavy atom. The quantitative estimate of drug-likeness (QED) is 0.666. The van der Waals surface area contributed by atoms with Crippen molar-refractivity contribution >= 4 is 23.2 Å². The first-order valence-electron chi connectivity index (χ1n) is 6.21. The molecule has 6 heteroatoms. The van der Waals surface area contributed by atoms with E-state index in [1.54, 1.807) is 0 Å². The maximum atomic E-state index is 12.0. The van der Waals surface area contributed by atoms with Crippen molar-refractivity contribution in [2.45, 2.75) is 19.8 Å². The molecule has 0 radical (unpaired) electrons. The normalized spacial score (nSPS) is 15.9. The van der Waals surface area contributed by atoms with E-state index in [4.69, 9.17) is 11.6 Å². The summed E-state index contributed by atoms with van der Waals surface area (Å²) in [6.07, 6.45) is 2.41. The molecule has 1 atom stereocenters. The number of nitro benzene ring substituents is 1. The first-order chi connectivity index (χ1) is 8.99. The number of carbonyl (C=O) groups is 1. The summed E-state index contributed by atoms with van der Waals surface area (Å²) in [5, 5.41) is 13.9. The molecule has 2 rings (SSSR count). The van der Waals surface area contributed by atoms with Crippen LogP contribution in [0.25, 0.3) is 0 Å². The molecule has 102 valence electrons. The number of nitro groups is 1. The summed E-state index contributed by atoms with van der Waals surface area (Å²) in [4.78, 5) is 22.3. The van der Waals surface area contributed by atoms with Gasteiger partial charge in [0, 0.05) is 17.6 Å². The maximum absolute atomic E-state index is 12.0. The second-order valence-electron chi connectivity index (χ2n) is 4.94. The first kappa shape index (κ1) is 13.8. The maximum Gasteiger partial charge on any atom is 0.282 e. The number of hydrogen-bond acceptors (Lipinski definition) is 3. The van der Waals surface area contributed by atoms with Crippen molar-refractivity contribution in [1.29, 1.82) is 0 Å². The van der Waals surface area contributed by atoms with Gasteiger partial charge in [0.1, 0.15) is 5.56 Å². The third-order valence-corrected chi connectivity index (χ3v) is 3.65. The van der Waals surface area contributed by atoms with E-state index in [2.05, 4.69) is 12.2 Å².